The number of Topliss-reactive ketones (excluding diaryl/α,β-unsaturated/α-hetero) is 1. The van der Waals surface area contributed by atoms with Crippen molar-refractivity contribution in [3.63, 3.8) is 0 Å². The smallest absolute Gasteiger partial charge is 0.169 e. The summed E-state index contributed by atoms with van der Waals surface area (Å²) in [5.74, 6) is -1.96. The van der Waals surface area contributed by atoms with Crippen LogP contribution in [-0.2, 0) is 9.47 Å². The van der Waals surface area contributed by atoms with Gasteiger partial charge in [0.25, 0.3) is 0 Å². The molecule has 2 saturated heterocycles. The predicted molar refractivity (Wildman–Crippen MR) is 72.3 cm³/mol. The van der Waals surface area contributed by atoms with E-state index < -0.39 is 17.2 Å². The Morgan fingerprint density at radius 3 is 2.81 bits per heavy atom. The molecule has 1 spiro atoms. The van der Waals surface area contributed by atoms with Gasteiger partial charge in [-0.05, 0) is 31.4 Å². The highest BCUT2D eigenvalue weighted by Crippen LogP contribution is 2.37. The Hall–Kier alpha value is -1.33. The van der Waals surface area contributed by atoms with Crippen molar-refractivity contribution >= 4 is 5.78 Å². The molecule has 2 unspecified atom stereocenters. The van der Waals surface area contributed by atoms with Crippen molar-refractivity contribution in [2.75, 3.05) is 19.8 Å². The summed E-state index contributed by atoms with van der Waals surface area (Å²) in [5, 5.41) is 0. The van der Waals surface area contributed by atoms with E-state index in [1.165, 1.54) is 13.0 Å². The van der Waals surface area contributed by atoms with Crippen LogP contribution in [0.2, 0.25) is 0 Å². The maximum atomic E-state index is 13.9. The Morgan fingerprint density at radius 2 is 2.10 bits per heavy atom. The van der Waals surface area contributed by atoms with Crippen LogP contribution in [0.15, 0.2) is 12.1 Å². The van der Waals surface area contributed by atoms with E-state index in [1.807, 2.05) is 0 Å². The molecule has 1 aromatic rings. The molecule has 0 aliphatic carbocycles. The summed E-state index contributed by atoms with van der Waals surface area (Å²) in [7, 11) is 0. The quantitative estimate of drug-likeness (QED) is 0.787. The van der Waals surface area contributed by atoms with Crippen LogP contribution in [0.25, 0.3) is 0 Å². The molecule has 1 aromatic carbocycles. The molecule has 0 bridgehead atoms. The molecule has 0 aromatic heterocycles. The summed E-state index contributed by atoms with van der Waals surface area (Å²) in [6.07, 6.45) is 1.87. The Labute approximate surface area is 122 Å². The van der Waals surface area contributed by atoms with Gasteiger partial charge in [0.1, 0.15) is 11.6 Å². The van der Waals surface area contributed by atoms with Crippen LogP contribution in [0.5, 0.6) is 0 Å². The highest BCUT2D eigenvalue weighted by molar-refractivity contribution is 5.98. The van der Waals surface area contributed by atoms with E-state index in [2.05, 4.69) is 0 Å². The van der Waals surface area contributed by atoms with Gasteiger partial charge in [0, 0.05) is 31.6 Å². The maximum Gasteiger partial charge on any atom is 0.169 e. The molecular weight excluding hydrogens is 278 g/mol. The zero-order chi connectivity index (χ0) is 15.0. The summed E-state index contributed by atoms with van der Waals surface area (Å²) < 4.78 is 38.4. The summed E-state index contributed by atoms with van der Waals surface area (Å²) in [4.78, 5) is 12.6. The molecule has 0 saturated carbocycles. The molecule has 2 fully saturated rings. The third-order valence-electron chi connectivity index (χ3n) is 4.44. The lowest BCUT2D eigenvalue weighted by Crippen LogP contribution is -2.42. The SMILES string of the molecule is Cc1cc(C(=O)C2CCOC3(CCOC3)C2)c(F)cc1F. The molecular formula is C16H18F2O3. The van der Waals surface area contributed by atoms with Gasteiger partial charge in [0.2, 0.25) is 0 Å². The Kier molecular flexibility index (Phi) is 3.80. The summed E-state index contributed by atoms with van der Waals surface area (Å²) in [5.41, 5.74) is -0.134. The second kappa shape index (κ2) is 5.46. The van der Waals surface area contributed by atoms with Gasteiger partial charge < -0.3 is 9.47 Å². The number of carbonyl (C=O) groups is 1. The van der Waals surface area contributed by atoms with Crippen molar-refractivity contribution in [1.82, 2.24) is 0 Å². The first-order chi connectivity index (χ1) is 10.0. The first-order valence-electron chi connectivity index (χ1n) is 7.22. The lowest BCUT2D eigenvalue weighted by molar-refractivity contribution is -0.0921. The minimum absolute atomic E-state index is 0.0186. The molecule has 2 heterocycles. The summed E-state index contributed by atoms with van der Waals surface area (Å²) >= 11 is 0. The first kappa shape index (κ1) is 14.6. The standard InChI is InChI=1S/C16H18F2O3/c1-10-6-12(14(18)7-13(10)17)15(19)11-2-4-21-16(8-11)3-5-20-9-16/h6-7,11H,2-5,8-9H2,1H3. The largest absolute Gasteiger partial charge is 0.378 e. The number of ether oxygens (including phenoxy) is 2. The molecule has 0 radical (unpaired) electrons. The fourth-order valence-electron chi connectivity index (χ4n) is 3.18. The number of rotatable bonds is 2. The highest BCUT2D eigenvalue weighted by Gasteiger charge is 2.43. The van der Waals surface area contributed by atoms with Crippen LogP contribution in [0.4, 0.5) is 8.78 Å². The van der Waals surface area contributed by atoms with E-state index in [0.29, 0.717) is 32.7 Å². The summed E-state index contributed by atoms with van der Waals surface area (Å²) in [6.45, 7) is 3.12. The molecule has 3 rings (SSSR count). The van der Waals surface area contributed by atoms with Crippen LogP contribution in [0.1, 0.15) is 35.2 Å². The monoisotopic (exact) mass is 296 g/mol. The van der Waals surface area contributed by atoms with Gasteiger partial charge in [-0.2, -0.15) is 0 Å². The molecule has 21 heavy (non-hydrogen) atoms. The molecule has 0 amide bonds. The molecule has 2 aliphatic heterocycles. The first-order valence-corrected chi connectivity index (χ1v) is 7.22. The van der Waals surface area contributed by atoms with Gasteiger partial charge in [0.05, 0.1) is 17.8 Å². The highest BCUT2D eigenvalue weighted by atomic mass is 19.1. The fraction of sp³-hybridized carbons (Fsp3) is 0.562. The number of hydrogen-bond donors (Lipinski definition) is 0. The van der Waals surface area contributed by atoms with E-state index >= 15 is 0 Å². The van der Waals surface area contributed by atoms with Crippen LogP contribution >= 0.6 is 0 Å². The van der Waals surface area contributed by atoms with Gasteiger partial charge in [-0.15, -0.1) is 0 Å². The fourth-order valence-corrected chi connectivity index (χ4v) is 3.18. The number of ketones is 1. The van der Waals surface area contributed by atoms with Gasteiger partial charge in [0.15, 0.2) is 5.78 Å². The second-order valence-corrected chi connectivity index (χ2v) is 5.97. The lowest BCUT2D eigenvalue weighted by atomic mass is 9.81. The molecule has 5 heteroatoms. The third kappa shape index (κ3) is 2.72. The molecule has 0 N–H and O–H groups in total. The predicted octanol–water partition coefficient (Wildman–Crippen LogP) is 3.04. The van der Waals surface area contributed by atoms with Crippen molar-refractivity contribution in [3.05, 3.63) is 34.9 Å². The van der Waals surface area contributed by atoms with E-state index in [4.69, 9.17) is 9.47 Å². The van der Waals surface area contributed by atoms with Crippen LogP contribution in [0, 0.1) is 24.5 Å². The number of carbonyl (C=O) groups excluding carboxylic acids is 1. The van der Waals surface area contributed by atoms with E-state index in [-0.39, 0.29) is 22.8 Å². The number of halogens is 2. The van der Waals surface area contributed by atoms with E-state index in [9.17, 15) is 13.6 Å². The summed E-state index contributed by atoms with van der Waals surface area (Å²) in [6, 6.07) is 2.09. The zero-order valence-electron chi connectivity index (χ0n) is 12.0. The van der Waals surface area contributed by atoms with Gasteiger partial charge in [-0.3, -0.25) is 4.79 Å². The average Bonchev–Trinajstić information content (AvgIpc) is 2.90. The Balaban J connectivity index is 1.83. The molecule has 3 nitrogen and oxygen atoms in total. The zero-order valence-corrected chi connectivity index (χ0v) is 12.0. The number of aryl methyl sites for hydroxylation is 1. The van der Waals surface area contributed by atoms with Crippen LogP contribution in [-0.4, -0.2) is 31.2 Å². The van der Waals surface area contributed by atoms with Crippen molar-refractivity contribution in [2.24, 2.45) is 5.92 Å². The van der Waals surface area contributed by atoms with Crippen molar-refractivity contribution in [2.45, 2.75) is 31.8 Å². The third-order valence-corrected chi connectivity index (χ3v) is 4.44. The van der Waals surface area contributed by atoms with Crippen molar-refractivity contribution in [1.29, 1.82) is 0 Å². The van der Waals surface area contributed by atoms with Gasteiger partial charge in [-0.25, -0.2) is 8.78 Å². The Morgan fingerprint density at radius 1 is 1.29 bits per heavy atom. The number of hydrogen-bond acceptors (Lipinski definition) is 3. The van der Waals surface area contributed by atoms with Crippen LogP contribution < -0.4 is 0 Å². The topological polar surface area (TPSA) is 35.5 Å². The lowest BCUT2D eigenvalue weighted by Gasteiger charge is -2.36. The minimum atomic E-state index is -0.786. The average molecular weight is 296 g/mol. The Bertz CT molecular complexity index is 565. The number of benzene rings is 1. The molecule has 2 atom stereocenters. The van der Waals surface area contributed by atoms with Crippen LogP contribution in [0.3, 0.4) is 0 Å². The van der Waals surface area contributed by atoms with Crippen molar-refractivity contribution < 1.29 is 23.0 Å². The van der Waals surface area contributed by atoms with Gasteiger partial charge >= 0.3 is 0 Å². The second-order valence-electron chi connectivity index (χ2n) is 5.97. The van der Waals surface area contributed by atoms with Crippen molar-refractivity contribution in [3.8, 4) is 0 Å². The van der Waals surface area contributed by atoms with E-state index in [1.54, 1.807) is 0 Å². The van der Waals surface area contributed by atoms with Gasteiger partial charge in [-0.1, -0.05) is 0 Å². The minimum Gasteiger partial charge on any atom is -0.378 e. The maximum absolute atomic E-state index is 13.9. The van der Waals surface area contributed by atoms with E-state index in [0.717, 1.165) is 12.5 Å². The molecule has 2 aliphatic rings. The normalized spacial score (nSPS) is 29.0. The molecule has 114 valence electrons.